The summed E-state index contributed by atoms with van der Waals surface area (Å²) in [4.78, 5) is 13.7. The maximum Gasteiger partial charge on any atom is 0.325 e. The van der Waals surface area contributed by atoms with Gasteiger partial charge in [0.1, 0.15) is 13.4 Å². The van der Waals surface area contributed by atoms with Gasteiger partial charge in [-0.25, -0.2) is 0 Å². The normalized spacial score (nSPS) is 26.8. The Hall–Kier alpha value is -1.33. The van der Waals surface area contributed by atoms with Crippen molar-refractivity contribution in [3.8, 4) is 0 Å². The van der Waals surface area contributed by atoms with Crippen molar-refractivity contribution in [2.24, 2.45) is 11.7 Å². The third-order valence-corrected chi connectivity index (χ3v) is 4.25. The van der Waals surface area contributed by atoms with Crippen LogP contribution in [0.15, 0.2) is 30.3 Å². The summed E-state index contributed by atoms with van der Waals surface area (Å²) < 4.78 is 0. The molecule has 0 radical (unpaired) electrons. The predicted octanol–water partition coefficient (Wildman–Crippen LogP) is 0.732. The van der Waals surface area contributed by atoms with Gasteiger partial charge in [0.25, 0.3) is 0 Å². The molecule has 2 atom stereocenters. The molecule has 4 nitrogen and oxygen atoms in total. The molecule has 0 amide bonds. The summed E-state index contributed by atoms with van der Waals surface area (Å²) in [7, 11) is 2.12. The van der Waals surface area contributed by atoms with Crippen molar-refractivity contribution in [2.75, 3.05) is 13.1 Å². The summed E-state index contributed by atoms with van der Waals surface area (Å²) in [5.41, 5.74) is 6.30. The number of likely N-dealkylation sites (tertiary alicyclic amines) is 1. The van der Waals surface area contributed by atoms with Gasteiger partial charge in [0.05, 0.1) is 0 Å². The molecule has 2 rings (SSSR count). The fourth-order valence-electron chi connectivity index (χ4n) is 3.04. The number of carbonyl (C=O) groups is 1. The number of nitrogens with zero attached hydrogens (tertiary/aromatic N) is 1. The van der Waals surface area contributed by atoms with Crippen LogP contribution in [0.25, 0.3) is 0 Å². The molecule has 0 unspecified atom stereocenters. The van der Waals surface area contributed by atoms with Gasteiger partial charge in [-0.2, -0.15) is 0 Å². The van der Waals surface area contributed by atoms with Crippen molar-refractivity contribution in [1.82, 2.24) is 4.90 Å². The topological polar surface area (TPSA) is 66.6 Å². The minimum absolute atomic E-state index is 0.0451. The SMILES string of the molecule is BCCC[C@H]1CN(Cc2ccccc2)C[C@@]1(N)C(=O)O. The number of benzene rings is 1. The molecule has 1 aliphatic heterocycles. The molecule has 1 aliphatic rings. The second-order valence-corrected chi connectivity index (χ2v) is 5.84. The zero-order valence-corrected chi connectivity index (χ0v) is 12.1. The number of hydrogen-bond donors (Lipinski definition) is 2. The Morgan fingerprint density at radius 3 is 2.75 bits per heavy atom. The van der Waals surface area contributed by atoms with E-state index in [1.165, 1.54) is 5.56 Å². The van der Waals surface area contributed by atoms with Gasteiger partial charge in [0.2, 0.25) is 0 Å². The van der Waals surface area contributed by atoms with Crippen LogP contribution in [-0.4, -0.2) is 42.5 Å². The second-order valence-electron chi connectivity index (χ2n) is 5.84. The molecule has 0 aromatic heterocycles. The first-order chi connectivity index (χ1) is 9.56. The molecule has 5 heteroatoms. The zero-order chi connectivity index (χ0) is 14.6. The van der Waals surface area contributed by atoms with Crippen LogP contribution in [0.2, 0.25) is 6.32 Å². The molecule has 3 N–H and O–H groups in total. The Kier molecular flexibility index (Phi) is 4.84. The van der Waals surface area contributed by atoms with Crippen molar-refractivity contribution in [3.05, 3.63) is 35.9 Å². The average molecular weight is 274 g/mol. The first-order valence-corrected chi connectivity index (χ1v) is 7.35. The monoisotopic (exact) mass is 274 g/mol. The molecule has 0 bridgehead atoms. The van der Waals surface area contributed by atoms with E-state index >= 15 is 0 Å². The number of aliphatic carboxylic acids is 1. The Balaban J connectivity index is 2.05. The highest BCUT2D eigenvalue weighted by atomic mass is 16.4. The predicted molar refractivity (Wildman–Crippen MR) is 82.3 cm³/mol. The Bertz CT molecular complexity index is 454. The highest BCUT2D eigenvalue weighted by molar-refractivity contribution is 6.08. The van der Waals surface area contributed by atoms with Crippen molar-refractivity contribution in [1.29, 1.82) is 0 Å². The van der Waals surface area contributed by atoms with Gasteiger partial charge in [-0.05, 0) is 12.0 Å². The lowest BCUT2D eigenvalue weighted by Crippen LogP contribution is -2.54. The molecule has 20 heavy (non-hydrogen) atoms. The zero-order valence-electron chi connectivity index (χ0n) is 12.1. The third kappa shape index (κ3) is 3.22. The van der Waals surface area contributed by atoms with Gasteiger partial charge in [0, 0.05) is 25.6 Å². The highest BCUT2D eigenvalue weighted by Crippen LogP contribution is 2.31. The molecule has 1 saturated heterocycles. The van der Waals surface area contributed by atoms with Crippen molar-refractivity contribution < 1.29 is 9.90 Å². The number of carboxylic acids is 1. The second kappa shape index (κ2) is 6.42. The highest BCUT2D eigenvalue weighted by Gasteiger charge is 2.48. The molecular formula is C15H23BN2O2. The van der Waals surface area contributed by atoms with E-state index in [1.807, 2.05) is 18.2 Å². The standard InChI is InChI=1S/C15H23BN2O2/c16-8-4-7-13-10-18(11-15(13,17)14(19)20)9-12-5-2-1-3-6-12/h1-3,5-6,13H,4,7-11,16-17H2,(H,19,20)/t13-,15-/m0/s1. The third-order valence-electron chi connectivity index (χ3n) is 4.25. The Morgan fingerprint density at radius 2 is 2.15 bits per heavy atom. The van der Waals surface area contributed by atoms with Crippen molar-refractivity contribution in [3.63, 3.8) is 0 Å². The number of hydrogen-bond acceptors (Lipinski definition) is 3. The first-order valence-electron chi connectivity index (χ1n) is 7.35. The van der Waals surface area contributed by atoms with E-state index in [0.29, 0.717) is 6.54 Å². The maximum absolute atomic E-state index is 11.5. The van der Waals surface area contributed by atoms with Gasteiger partial charge < -0.3 is 10.8 Å². The average Bonchev–Trinajstić information content (AvgIpc) is 2.75. The minimum Gasteiger partial charge on any atom is -0.480 e. The Morgan fingerprint density at radius 1 is 1.45 bits per heavy atom. The van der Waals surface area contributed by atoms with Crippen LogP contribution in [0.3, 0.4) is 0 Å². The summed E-state index contributed by atoms with van der Waals surface area (Å²) in [6, 6.07) is 10.1. The first kappa shape index (κ1) is 15.1. The lowest BCUT2D eigenvalue weighted by Gasteiger charge is -2.25. The molecule has 0 saturated carbocycles. The fourth-order valence-corrected chi connectivity index (χ4v) is 3.04. The number of nitrogens with two attached hydrogens (primary N) is 1. The van der Waals surface area contributed by atoms with Crippen LogP contribution in [0.1, 0.15) is 18.4 Å². The molecule has 0 spiro atoms. The van der Waals surface area contributed by atoms with E-state index in [2.05, 4.69) is 24.9 Å². The summed E-state index contributed by atoms with van der Waals surface area (Å²) in [5.74, 6) is -0.821. The molecule has 108 valence electrons. The van der Waals surface area contributed by atoms with E-state index in [0.717, 1.165) is 32.3 Å². The van der Waals surface area contributed by atoms with Gasteiger partial charge in [-0.15, -0.1) is 0 Å². The largest absolute Gasteiger partial charge is 0.480 e. The maximum atomic E-state index is 11.5. The van der Waals surface area contributed by atoms with Crippen LogP contribution in [-0.2, 0) is 11.3 Å². The molecular weight excluding hydrogens is 251 g/mol. The lowest BCUT2D eigenvalue weighted by molar-refractivity contribution is -0.144. The number of carboxylic acid groups (broad SMARTS) is 1. The number of rotatable bonds is 6. The van der Waals surface area contributed by atoms with Crippen LogP contribution in [0.4, 0.5) is 0 Å². The molecule has 1 aromatic carbocycles. The molecule has 1 heterocycles. The Labute approximate surface area is 121 Å². The van der Waals surface area contributed by atoms with Gasteiger partial charge in [-0.1, -0.05) is 43.1 Å². The van der Waals surface area contributed by atoms with E-state index in [4.69, 9.17) is 5.73 Å². The van der Waals surface area contributed by atoms with Crippen molar-refractivity contribution >= 4 is 13.8 Å². The van der Waals surface area contributed by atoms with Gasteiger partial charge in [0.15, 0.2) is 0 Å². The summed E-state index contributed by atoms with van der Waals surface area (Å²) >= 11 is 0. The molecule has 1 fully saturated rings. The van der Waals surface area contributed by atoms with Gasteiger partial charge >= 0.3 is 5.97 Å². The molecule has 1 aromatic rings. The molecule has 0 aliphatic carbocycles. The van der Waals surface area contributed by atoms with Crippen LogP contribution >= 0.6 is 0 Å². The minimum atomic E-state index is -1.09. The van der Waals surface area contributed by atoms with E-state index in [-0.39, 0.29) is 5.92 Å². The summed E-state index contributed by atoms with van der Waals surface area (Å²) in [6.45, 7) is 1.99. The van der Waals surface area contributed by atoms with Crippen LogP contribution < -0.4 is 5.73 Å². The fraction of sp³-hybridized carbons (Fsp3) is 0.533. The van der Waals surface area contributed by atoms with Gasteiger partial charge in [-0.3, -0.25) is 9.69 Å². The van der Waals surface area contributed by atoms with Crippen LogP contribution in [0.5, 0.6) is 0 Å². The van der Waals surface area contributed by atoms with E-state index < -0.39 is 11.5 Å². The van der Waals surface area contributed by atoms with Crippen LogP contribution in [0, 0.1) is 5.92 Å². The van der Waals surface area contributed by atoms with E-state index in [9.17, 15) is 9.90 Å². The van der Waals surface area contributed by atoms with Crippen molar-refractivity contribution in [2.45, 2.75) is 31.2 Å². The van der Waals surface area contributed by atoms with E-state index in [1.54, 1.807) is 0 Å². The smallest absolute Gasteiger partial charge is 0.325 e. The summed E-state index contributed by atoms with van der Waals surface area (Å²) in [6.07, 6.45) is 3.01. The quantitative estimate of drug-likeness (QED) is 0.751. The lowest BCUT2D eigenvalue weighted by atomic mass is 9.83. The summed E-state index contributed by atoms with van der Waals surface area (Å²) in [5, 5.41) is 9.47.